The lowest BCUT2D eigenvalue weighted by Gasteiger charge is -2.17. The maximum atomic E-state index is 12.7. The molecule has 1 atom stereocenters. The predicted octanol–water partition coefficient (Wildman–Crippen LogP) is 5.36. The highest BCUT2D eigenvalue weighted by Crippen LogP contribution is 2.41. The highest BCUT2D eigenvalue weighted by molar-refractivity contribution is 8.00. The van der Waals surface area contributed by atoms with Crippen molar-refractivity contribution in [2.24, 2.45) is 5.92 Å². The second-order valence-corrected chi connectivity index (χ2v) is 11.2. The van der Waals surface area contributed by atoms with Crippen LogP contribution in [0.4, 0.5) is 5.00 Å². The Balaban J connectivity index is 1.33. The zero-order valence-corrected chi connectivity index (χ0v) is 19.2. The Bertz CT molecular complexity index is 1170. The summed E-state index contributed by atoms with van der Waals surface area (Å²) in [5.41, 5.74) is 3.19. The molecule has 0 spiro atoms. The molecule has 0 bridgehead atoms. The van der Waals surface area contributed by atoms with Crippen LogP contribution in [0.15, 0.2) is 11.4 Å². The lowest BCUT2D eigenvalue weighted by Crippen LogP contribution is -2.14. The van der Waals surface area contributed by atoms with E-state index in [-0.39, 0.29) is 11.7 Å². The standard InChI is InChI=1S/C22H22N4OS3/c1-12-6-7-13-15(9-23)20(30-17(13)8-12)26-18(27)10-28-21-19-14-4-2-3-5-16(14)29-22(19)25-11-24-21/h11-12H,2-8,10H2,1H3,(H,26,27). The molecule has 1 N–H and O–H groups in total. The second-order valence-electron chi connectivity index (χ2n) is 8.07. The molecule has 0 radical (unpaired) electrons. The summed E-state index contributed by atoms with van der Waals surface area (Å²) >= 11 is 4.82. The maximum Gasteiger partial charge on any atom is 0.235 e. The van der Waals surface area contributed by atoms with Gasteiger partial charge in [-0.05, 0) is 62.0 Å². The topological polar surface area (TPSA) is 78.7 Å². The Labute approximate surface area is 187 Å². The number of anilines is 1. The average molecular weight is 455 g/mol. The molecule has 1 amide bonds. The molecule has 3 aromatic heterocycles. The molecular formula is C22H22N4OS3. The van der Waals surface area contributed by atoms with E-state index in [0.717, 1.165) is 52.9 Å². The van der Waals surface area contributed by atoms with E-state index in [4.69, 9.17) is 0 Å². The highest BCUT2D eigenvalue weighted by atomic mass is 32.2. The molecular weight excluding hydrogens is 432 g/mol. The van der Waals surface area contributed by atoms with E-state index in [9.17, 15) is 10.1 Å². The highest BCUT2D eigenvalue weighted by Gasteiger charge is 2.25. The summed E-state index contributed by atoms with van der Waals surface area (Å²) < 4.78 is 0. The minimum atomic E-state index is -0.0843. The van der Waals surface area contributed by atoms with Gasteiger partial charge < -0.3 is 5.32 Å². The molecule has 0 aliphatic heterocycles. The molecule has 3 heterocycles. The summed E-state index contributed by atoms with van der Waals surface area (Å²) in [6.45, 7) is 2.25. The first kappa shape index (κ1) is 20.0. The molecule has 154 valence electrons. The largest absolute Gasteiger partial charge is 0.316 e. The number of hydrogen-bond donors (Lipinski definition) is 1. The number of thiophene rings is 2. The monoisotopic (exact) mass is 454 g/mol. The van der Waals surface area contributed by atoms with E-state index in [1.54, 1.807) is 29.0 Å². The fraction of sp³-hybridized carbons (Fsp3) is 0.455. The van der Waals surface area contributed by atoms with Crippen LogP contribution in [0.3, 0.4) is 0 Å². The zero-order valence-electron chi connectivity index (χ0n) is 16.8. The molecule has 2 aliphatic rings. The summed E-state index contributed by atoms with van der Waals surface area (Å²) in [7, 11) is 0. The third kappa shape index (κ3) is 3.64. The van der Waals surface area contributed by atoms with Crippen molar-refractivity contribution >= 4 is 55.6 Å². The van der Waals surface area contributed by atoms with Crippen LogP contribution in [0.5, 0.6) is 0 Å². The van der Waals surface area contributed by atoms with E-state index in [1.807, 2.05) is 0 Å². The molecule has 5 nitrogen and oxygen atoms in total. The Kier molecular flexibility index (Phi) is 5.52. The van der Waals surface area contributed by atoms with Crippen LogP contribution in [-0.4, -0.2) is 21.6 Å². The molecule has 5 rings (SSSR count). The minimum absolute atomic E-state index is 0.0843. The van der Waals surface area contributed by atoms with E-state index < -0.39 is 0 Å². The number of carbonyl (C=O) groups excluding carboxylic acids is 1. The van der Waals surface area contributed by atoms with Crippen LogP contribution < -0.4 is 5.32 Å². The van der Waals surface area contributed by atoms with E-state index in [0.29, 0.717) is 16.5 Å². The Hall–Kier alpha value is -1.95. The normalized spacial score (nSPS) is 17.9. The van der Waals surface area contributed by atoms with E-state index >= 15 is 0 Å². The van der Waals surface area contributed by atoms with Gasteiger partial charge >= 0.3 is 0 Å². The maximum absolute atomic E-state index is 12.7. The molecule has 0 fully saturated rings. The first-order valence-corrected chi connectivity index (χ1v) is 13.0. The van der Waals surface area contributed by atoms with Crippen molar-refractivity contribution in [1.29, 1.82) is 5.26 Å². The van der Waals surface area contributed by atoms with Gasteiger partial charge in [0.2, 0.25) is 5.91 Å². The number of hydrogen-bond acceptors (Lipinski definition) is 7. The van der Waals surface area contributed by atoms with Gasteiger partial charge in [-0.3, -0.25) is 4.79 Å². The van der Waals surface area contributed by atoms with E-state index in [1.165, 1.54) is 39.9 Å². The Morgan fingerprint density at radius 2 is 2.10 bits per heavy atom. The molecule has 0 aromatic carbocycles. The number of thioether (sulfide) groups is 1. The third-order valence-electron chi connectivity index (χ3n) is 5.93. The molecule has 0 saturated carbocycles. The molecule has 30 heavy (non-hydrogen) atoms. The Morgan fingerprint density at radius 1 is 1.23 bits per heavy atom. The second kappa shape index (κ2) is 8.29. The number of amides is 1. The number of nitriles is 1. The van der Waals surface area contributed by atoms with Crippen LogP contribution in [0.1, 0.15) is 52.6 Å². The van der Waals surface area contributed by atoms with Crippen LogP contribution in [0.2, 0.25) is 0 Å². The number of rotatable bonds is 4. The van der Waals surface area contributed by atoms with Crippen LogP contribution in [-0.2, 0) is 30.5 Å². The van der Waals surface area contributed by atoms with Crippen molar-refractivity contribution < 1.29 is 4.79 Å². The van der Waals surface area contributed by atoms with Crippen LogP contribution in [0, 0.1) is 17.2 Å². The van der Waals surface area contributed by atoms with Crippen molar-refractivity contribution in [3.8, 4) is 6.07 Å². The predicted molar refractivity (Wildman–Crippen MR) is 124 cm³/mol. The lowest BCUT2D eigenvalue weighted by molar-refractivity contribution is -0.113. The van der Waals surface area contributed by atoms with Gasteiger partial charge in [0.05, 0.1) is 11.3 Å². The van der Waals surface area contributed by atoms with Gasteiger partial charge in [-0.15, -0.1) is 22.7 Å². The van der Waals surface area contributed by atoms with Gasteiger partial charge in [-0.2, -0.15) is 5.26 Å². The van der Waals surface area contributed by atoms with E-state index in [2.05, 4.69) is 28.3 Å². The SMILES string of the molecule is CC1CCc2c(sc(NC(=O)CSc3ncnc4sc5c(c34)CCCC5)c2C#N)C1. The summed E-state index contributed by atoms with van der Waals surface area (Å²) in [6, 6.07) is 2.32. The summed E-state index contributed by atoms with van der Waals surface area (Å²) in [5.74, 6) is 0.832. The molecule has 1 unspecified atom stereocenters. The fourth-order valence-corrected chi connectivity index (χ4v) is 7.92. The fourth-order valence-electron chi connectivity index (χ4n) is 4.42. The number of carbonyl (C=O) groups is 1. The lowest BCUT2D eigenvalue weighted by atomic mass is 9.89. The average Bonchev–Trinajstić information content (AvgIpc) is 3.29. The summed E-state index contributed by atoms with van der Waals surface area (Å²) in [4.78, 5) is 25.4. The zero-order chi connectivity index (χ0) is 20.7. The van der Waals surface area contributed by atoms with Crippen molar-refractivity contribution in [2.45, 2.75) is 56.9 Å². The third-order valence-corrected chi connectivity index (χ3v) is 9.29. The number of nitrogens with one attached hydrogen (secondary N) is 1. The molecule has 2 aliphatic carbocycles. The van der Waals surface area contributed by atoms with Crippen molar-refractivity contribution in [2.75, 3.05) is 11.1 Å². The first-order chi connectivity index (χ1) is 14.6. The van der Waals surface area contributed by atoms with Gasteiger partial charge in [-0.1, -0.05) is 18.7 Å². The molecule has 3 aromatic rings. The number of fused-ring (bicyclic) bond motifs is 4. The number of aryl methyl sites for hydroxylation is 2. The quantitative estimate of drug-likeness (QED) is 0.424. The van der Waals surface area contributed by atoms with Crippen LogP contribution in [0.25, 0.3) is 10.2 Å². The van der Waals surface area contributed by atoms with Gasteiger partial charge in [0.25, 0.3) is 0 Å². The number of nitrogens with zero attached hydrogens (tertiary/aromatic N) is 3. The molecule has 0 saturated heterocycles. The van der Waals surface area contributed by atoms with Gasteiger partial charge in [0, 0.05) is 15.1 Å². The van der Waals surface area contributed by atoms with Crippen LogP contribution >= 0.6 is 34.4 Å². The van der Waals surface area contributed by atoms with Gasteiger partial charge in [0.1, 0.15) is 27.3 Å². The first-order valence-electron chi connectivity index (χ1n) is 10.4. The summed E-state index contributed by atoms with van der Waals surface area (Å²) in [6.07, 6.45) is 9.29. The van der Waals surface area contributed by atoms with Crippen molar-refractivity contribution in [1.82, 2.24) is 9.97 Å². The summed E-state index contributed by atoms with van der Waals surface area (Å²) in [5, 5.41) is 15.4. The minimum Gasteiger partial charge on any atom is -0.316 e. The number of aromatic nitrogens is 2. The Morgan fingerprint density at radius 3 is 2.97 bits per heavy atom. The van der Waals surface area contributed by atoms with Crippen molar-refractivity contribution in [3.63, 3.8) is 0 Å². The smallest absolute Gasteiger partial charge is 0.235 e. The van der Waals surface area contributed by atoms with Gasteiger partial charge in [0.15, 0.2) is 0 Å². The van der Waals surface area contributed by atoms with Gasteiger partial charge in [-0.25, -0.2) is 9.97 Å². The molecule has 8 heteroatoms. The van der Waals surface area contributed by atoms with Crippen molar-refractivity contribution in [3.05, 3.63) is 32.8 Å².